The molecular weight excluding hydrogens is 248 g/mol. The highest BCUT2D eigenvalue weighted by atomic mass is 16.2. The van der Waals surface area contributed by atoms with E-state index in [2.05, 4.69) is 18.8 Å². The van der Waals surface area contributed by atoms with E-state index in [9.17, 15) is 4.79 Å². The molecule has 108 valence electrons. The molecule has 1 aromatic carbocycles. The van der Waals surface area contributed by atoms with E-state index in [1.54, 1.807) is 0 Å². The first kappa shape index (κ1) is 14.6. The van der Waals surface area contributed by atoms with Crippen LogP contribution in [0, 0.1) is 0 Å². The van der Waals surface area contributed by atoms with Crippen molar-refractivity contribution in [2.24, 2.45) is 0 Å². The van der Waals surface area contributed by atoms with Gasteiger partial charge in [-0.2, -0.15) is 0 Å². The Hall–Kier alpha value is -1.77. The Balaban J connectivity index is 2.15. The quantitative estimate of drug-likeness (QED) is 0.805. The van der Waals surface area contributed by atoms with Gasteiger partial charge in [0.25, 0.3) is 5.91 Å². The standard InChI is InChI=1S/C17H24N2O/c1-3-5-11-19(12-6-4-2)17(20)15-7-8-16-14(13-15)9-10-18-16/h7-10,13,18H,3-6,11-12H2,1-2H3. The molecule has 2 rings (SSSR count). The van der Waals surface area contributed by atoms with Crippen LogP contribution in [0.2, 0.25) is 0 Å². The lowest BCUT2D eigenvalue weighted by molar-refractivity contribution is 0.0751. The third kappa shape index (κ3) is 3.41. The molecule has 0 aliphatic carbocycles. The number of rotatable bonds is 7. The summed E-state index contributed by atoms with van der Waals surface area (Å²) in [7, 11) is 0. The van der Waals surface area contributed by atoms with Gasteiger partial charge in [0, 0.05) is 35.8 Å². The number of nitrogens with one attached hydrogen (secondary N) is 1. The van der Waals surface area contributed by atoms with Crippen molar-refractivity contribution in [3.05, 3.63) is 36.0 Å². The largest absolute Gasteiger partial charge is 0.361 e. The number of H-pyrrole nitrogens is 1. The molecular formula is C17H24N2O. The van der Waals surface area contributed by atoms with Crippen molar-refractivity contribution in [3.63, 3.8) is 0 Å². The van der Waals surface area contributed by atoms with Crippen molar-refractivity contribution in [1.82, 2.24) is 9.88 Å². The first-order valence-electron chi connectivity index (χ1n) is 7.62. The third-order valence-electron chi connectivity index (χ3n) is 3.65. The molecule has 0 atom stereocenters. The molecule has 0 radical (unpaired) electrons. The minimum absolute atomic E-state index is 0.162. The molecule has 1 heterocycles. The van der Waals surface area contributed by atoms with Crippen molar-refractivity contribution in [2.75, 3.05) is 13.1 Å². The van der Waals surface area contributed by atoms with Crippen molar-refractivity contribution in [3.8, 4) is 0 Å². The summed E-state index contributed by atoms with van der Waals surface area (Å²) < 4.78 is 0. The number of carbonyl (C=O) groups excluding carboxylic acids is 1. The molecule has 3 nitrogen and oxygen atoms in total. The number of fused-ring (bicyclic) bond motifs is 1. The van der Waals surface area contributed by atoms with Gasteiger partial charge < -0.3 is 9.88 Å². The smallest absolute Gasteiger partial charge is 0.253 e. The van der Waals surface area contributed by atoms with Gasteiger partial charge in [0.05, 0.1) is 0 Å². The number of amides is 1. The van der Waals surface area contributed by atoms with Crippen LogP contribution in [0.1, 0.15) is 49.9 Å². The van der Waals surface area contributed by atoms with Gasteiger partial charge in [0.1, 0.15) is 0 Å². The van der Waals surface area contributed by atoms with Gasteiger partial charge in [-0.05, 0) is 37.1 Å². The zero-order chi connectivity index (χ0) is 14.4. The van der Waals surface area contributed by atoms with Gasteiger partial charge in [-0.25, -0.2) is 0 Å². The highest BCUT2D eigenvalue weighted by Crippen LogP contribution is 2.16. The Bertz CT molecular complexity index is 551. The molecule has 2 aromatic rings. The zero-order valence-corrected chi connectivity index (χ0v) is 12.5. The van der Waals surface area contributed by atoms with E-state index in [1.807, 2.05) is 35.4 Å². The molecule has 0 fully saturated rings. The lowest BCUT2D eigenvalue weighted by Gasteiger charge is -2.22. The lowest BCUT2D eigenvalue weighted by Crippen LogP contribution is -2.32. The summed E-state index contributed by atoms with van der Waals surface area (Å²) in [5.41, 5.74) is 1.87. The van der Waals surface area contributed by atoms with Crippen LogP contribution in [0.3, 0.4) is 0 Å². The van der Waals surface area contributed by atoms with Gasteiger partial charge in [-0.1, -0.05) is 26.7 Å². The number of unbranched alkanes of at least 4 members (excludes halogenated alkanes) is 2. The topological polar surface area (TPSA) is 36.1 Å². The summed E-state index contributed by atoms with van der Waals surface area (Å²) in [4.78, 5) is 17.8. The van der Waals surface area contributed by atoms with E-state index in [4.69, 9.17) is 0 Å². The monoisotopic (exact) mass is 272 g/mol. The van der Waals surface area contributed by atoms with Crippen LogP contribution in [0.15, 0.2) is 30.5 Å². The third-order valence-corrected chi connectivity index (χ3v) is 3.65. The molecule has 0 aliphatic heterocycles. The molecule has 0 unspecified atom stereocenters. The summed E-state index contributed by atoms with van der Waals surface area (Å²) in [6.45, 7) is 6.05. The molecule has 0 saturated heterocycles. The molecule has 0 aliphatic rings. The molecule has 1 aromatic heterocycles. The number of benzene rings is 1. The van der Waals surface area contributed by atoms with Crippen LogP contribution in [0.4, 0.5) is 0 Å². The van der Waals surface area contributed by atoms with Crippen LogP contribution in [-0.4, -0.2) is 28.9 Å². The summed E-state index contributed by atoms with van der Waals surface area (Å²) in [5, 5.41) is 1.10. The fourth-order valence-electron chi connectivity index (χ4n) is 2.38. The van der Waals surface area contributed by atoms with E-state index in [0.717, 1.165) is 55.2 Å². The van der Waals surface area contributed by atoms with E-state index in [1.165, 1.54) is 0 Å². The highest BCUT2D eigenvalue weighted by Gasteiger charge is 2.15. The van der Waals surface area contributed by atoms with Gasteiger partial charge in [-0.3, -0.25) is 4.79 Å². The Morgan fingerprint density at radius 2 is 1.80 bits per heavy atom. The molecule has 1 amide bonds. The van der Waals surface area contributed by atoms with Crippen molar-refractivity contribution >= 4 is 16.8 Å². The SMILES string of the molecule is CCCCN(CCCC)C(=O)c1ccc2[nH]ccc2c1. The van der Waals surface area contributed by atoms with E-state index in [0.29, 0.717) is 0 Å². The minimum Gasteiger partial charge on any atom is -0.361 e. The molecule has 0 spiro atoms. The molecule has 0 saturated carbocycles. The maximum atomic E-state index is 12.6. The molecule has 3 heteroatoms. The average Bonchev–Trinajstić information content (AvgIpc) is 2.94. The summed E-state index contributed by atoms with van der Waals surface area (Å²) in [5.74, 6) is 0.162. The Morgan fingerprint density at radius 3 is 2.45 bits per heavy atom. The number of aromatic amines is 1. The predicted octanol–water partition coefficient (Wildman–Crippen LogP) is 4.21. The Morgan fingerprint density at radius 1 is 1.10 bits per heavy atom. The molecule has 1 N–H and O–H groups in total. The zero-order valence-electron chi connectivity index (χ0n) is 12.5. The Labute approximate surface area is 121 Å². The fraction of sp³-hybridized carbons (Fsp3) is 0.471. The second kappa shape index (κ2) is 7.13. The maximum Gasteiger partial charge on any atom is 0.253 e. The summed E-state index contributed by atoms with van der Waals surface area (Å²) in [6, 6.07) is 7.90. The summed E-state index contributed by atoms with van der Waals surface area (Å²) >= 11 is 0. The van der Waals surface area contributed by atoms with Crippen LogP contribution in [0.25, 0.3) is 10.9 Å². The first-order chi connectivity index (χ1) is 9.76. The average molecular weight is 272 g/mol. The van der Waals surface area contributed by atoms with E-state index < -0.39 is 0 Å². The normalized spacial score (nSPS) is 10.9. The second-order valence-corrected chi connectivity index (χ2v) is 5.28. The van der Waals surface area contributed by atoms with E-state index in [-0.39, 0.29) is 5.91 Å². The minimum atomic E-state index is 0.162. The number of hydrogen-bond donors (Lipinski definition) is 1. The lowest BCUT2D eigenvalue weighted by atomic mass is 10.1. The second-order valence-electron chi connectivity index (χ2n) is 5.28. The summed E-state index contributed by atoms with van der Waals surface area (Å²) in [6.07, 6.45) is 6.29. The van der Waals surface area contributed by atoms with Crippen molar-refractivity contribution in [2.45, 2.75) is 39.5 Å². The van der Waals surface area contributed by atoms with E-state index >= 15 is 0 Å². The number of hydrogen-bond acceptors (Lipinski definition) is 1. The first-order valence-corrected chi connectivity index (χ1v) is 7.62. The van der Waals surface area contributed by atoms with Gasteiger partial charge >= 0.3 is 0 Å². The van der Waals surface area contributed by atoms with Crippen LogP contribution in [0.5, 0.6) is 0 Å². The van der Waals surface area contributed by atoms with Crippen molar-refractivity contribution in [1.29, 1.82) is 0 Å². The van der Waals surface area contributed by atoms with Crippen LogP contribution >= 0.6 is 0 Å². The van der Waals surface area contributed by atoms with Crippen molar-refractivity contribution < 1.29 is 4.79 Å². The number of aromatic nitrogens is 1. The Kier molecular flexibility index (Phi) is 5.22. The van der Waals surface area contributed by atoms with Gasteiger partial charge in [0.2, 0.25) is 0 Å². The van der Waals surface area contributed by atoms with Gasteiger partial charge in [0.15, 0.2) is 0 Å². The predicted molar refractivity (Wildman–Crippen MR) is 84.0 cm³/mol. The van der Waals surface area contributed by atoms with Gasteiger partial charge in [-0.15, -0.1) is 0 Å². The fourth-order valence-corrected chi connectivity index (χ4v) is 2.38. The van der Waals surface area contributed by atoms with Crippen LogP contribution in [-0.2, 0) is 0 Å². The number of carbonyl (C=O) groups is 1. The maximum absolute atomic E-state index is 12.6. The van der Waals surface area contributed by atoms with Crippen LogP contribution < -0.4 is 0 Å². The molecule has 20 heavy (non-hydrogen) atoms. The highest BCUT2D eigenvalue weighted by molar-refractivity contribution is 5.98. The molecule has 0 bridgehead atoms. The number of nitrogens with zero attached hydrogens (tertiary/aromatic N) is 1.